The Labute approximate surface area is 186 Å². The molecular weight excluding hydrogens is 388 g/mol. The Bertz CT molecular complexity index is 831. The normalized spacial score (nSPS) is 19.6. The first-order chi connectivity index (χ1) is 15.2. The van der Waals surface area contributed by atoms with E-state index in [9.17, 15) is 5.11 Å². The van der Waals surface area contributed by atoms with Gasteiger partial charge in [-0.05, 0) is 67.0 Å². The van der Waals surface area contributed by atoms with Crippen LogP contribution in [0.3, 0.4) is 0 Å². The van der Waals surface area contributed by atoms with Gasteiger partial charge in [-0.15, -0.1) is 0 Å². The van der Waals surface area contributed by atoms with Crippen molar-refractivity contribution >= 4 is 0 Å². The van der Waals surface area contributed by atoms with Crippen molar-refractivity contribution < 1.29 is 14.6 Å². The summed E-state index contributed by atoms with van der Waals surface area (Å²) in [6, 6.07) is 15.3. The third-order valence-corrected chi connectivity index (χ3v) is 6.87. The van der Waals surface area contributed by atoms with Crippen LogP contribution in [0.2, 0.25) is 0 Å². The molecular formula is C26H36N2O3. The number of methoxy groups -OCH3 is 2. The summed E-state index contributed by atoms with van der Waals surface area (Å²) in [5.74, 6) is 1.39. The topological polar surface area (TPSA) is 45.2 Å². The number of phenolic OH excluding ortho intramolecular Hbond substituents is 1. The minimum atomic E-state index is 0.205. The Morgan fingerprint density at radius 2 is 1.87 bits per heavy atom. The van der Waals surface area contributed by atoms with Gasteiger partial charge in [-0.2, -0.15) is 0 Å². The lowest BCUT2D eigenvalue weighted by Crippen LogP contribution is -2.46. The molecule has 1 fully saturated rings. The summed E-state index contributed by atoms with van der Waals surface area (Å²) in [6.07, 6.45) is 4.95. The van der Waals surface area contributed by atoms with E-state index in [2.05, 4.69) is 34.1 Å². The van der Waals surface area contributed by atoms with Crippen molar-refractivity contribution in [2.75, 3.05) is 47.0 Å². The maximum absolute atomic E-state index is 10.2. The van der Waals surface area contributed by atoms with Gasteiger partial charge in [0, 0.05) is 39.3 Å². The number of phenols is 1. The molecule has 1 N–H and O–H groups in total. The van der Waals surface area contributed by atoms with Gasteiger partial charge >= 0.3 is 0 Å². The van der Waals surface area contributed by atoms with E-state index in [0.29, 0.717) is 17.7 Å². The van der Waals surface area contributed by atoms with Gasteiger partial charge in [0.1, 0.15) is 0 Å². The number of fused-ring (bicyclic) bond motifs is 1. The molecule has 0 spiro atoms. The van der Waals surface area contributed by atoms with Gasteiger partial charge in [-0.1, -0.05) is 30.3 Å². The molecule has 0 saturated carbocycles. The molecule has 0 bridgehead atoms. The minimum Gasteiger partial charge on any atom is -0.504 e. The third kappa shape index (κ3) is 5.59. The second-order valence-electron chi connectivity index (χ2n) is 9.07. The Hall–Kier alpha value is -2.08. The zero-order valence-electron chi connectivity index (χ0n) is 18.9. The molecule has 5 nitrogen and oxygen atoms in total. The van der Waals surface area contributed by atoms with Crippen LogP contribution in [0.1, 0.15) is 29.5 Å². The Morgan fingerprint density at radius 1 is 1.10 bits per heavy atom. The Morgan fingerprint density at radius 3 is 2.55 bits per heavy atom. The molecule has 0 aromatic heterocycles. The van der Waals surface area contributed by atoms with Crippen LogP contribution in [0.25, 0.3) is 0 Å². The van der Waals surface area contributed by atoms with Crippen molar-refractivity contribution in [1.29, 1.82) is 0 Å². The van der Waals surface area contributed by atoms with E-state index in [-0.39, 0.29) is 5.75 Å². The number of ether oxygens (including phenoxy) is 2. The molecule has 4 rings (SSSR count). The first kappa shape index (κ1) is 22.1. The molecule has 168 valence electrons. The van der Waals surface area contributed by atoms with Gasteiger partial charge in [0.15, 0.2) is 11.5 Å². The van der Waals surface area contributed by atoms with Gasteiger partial charge < -0.3 is 14.6 Å². The molecule has 31 heavy (non-hydrogen) atoms. The second kappa shape index (κ2) is 10.5. The molecule has 0 unspecified atom stereocenters. The average Bonchev–Trinajstić information content (AvgIpc) is 3.22. The molecule has 2 aromatic rings. The fraction of sp³-hybridized carbons (Fsp3) is 0.538. The van der Waals surface area contributed by atoms with Crippen LogP contribution in [0.4, 0.5) is 0 Å². The summed E-state index contributed by atoms with van der Waals surface area (Å²) < 4.78 is 10.6. The minimum absolute atomic E-state index is 0.205. The van der Waals surface area contributed by atoms with Gasteiger partial charge in [0.2, 0.25) is 0 Å². The zero-order valence-corrected chi connectivity index (χ0v) is 18.9. The first-order valence-electron chi connectivity index (χ1n) is 11.5. The van der Waals surface area contributed by atoms with Gasteiger partial charge in [0.05, 0.1) is 13.7 Å². The van der Waals surface area contributed by atoms with E-state index < -0.39 is 0 Å². The highest BCUT2D eigenvalue weighted by Gasteiger charge is 2.31. The number of piperidine rings is 1. The lowest BCUT2D eigenvalue weighted by molar-refractivity contribution is 0.0843. The van der Waals surface area contributed by atoms with E-state index in [1.165, 1.54) is 49.9 Å². The van der Waals surface area contributed by atoms with E-state index in [1.54, 1.807) is 14.2 Å². The molecule has 1 aliphatic carbocycles. The van der Waals surface area contributed by atoms with Crippen LogP contribution in [0.5, 0.6) is 11.5 Å². The second-order valence-corrected chi connectivity index (χ2v) is 9.07. The number of aromatic hydroxyl groups is 1. The fourth-order valence-corrected chi connectivity index (χ4v) is 5.28. The highest BCUT2D eigenvalue weighted by molar-refractivity contribution is 5.41. The van der Waals surface area contributed by atoms with Crippen LogP contribution in [0.15, 0.2) is 42.5 Å². The van der Waals surface area contributed by atoms with E-state index in [4.69, 9.17) is 9.47 Å². The van der Waals surface area contributed by atoms with E-state index in [0.717, 1.165) is 31.8 Å². The number of hydrogen-bond donors (Lipinski definition) is 1. The van der Waals surface area contributed by atoms with E-state index >= 15 is 0 Å². The van der Waals surface area contributed by atoms with Gasteiger partial charge in [-0.25, -0.2) is 0 Å². The van der Waals surface area contributed by atoms with Crippen LogP contribution in [0, 0.1) is 5.92 Å². The smallest absolute Gasteiger partial charge is 0.160 e. The van der Waals surface area contributed by atoms with Crippen molar-refractivity contribution in [3.8, 4) is 11.5 Å². The lowest BCUT2D eigenvalue weighted by Gasteiger charge is -2.38. The average molecular weight is 425 g/mol. The quantitative estimate of drug-likeness (QED) is 0.665. The SMILES string of the molecule is COCCN(Cc1ccc(OC)c(O)c1)C[C@H]1CCCN(C2Cc3ccccc3C2)C1. The predicted octanol–water partition coefficient (Wildman–Crippen LogP) is 3.73. The Balaban J connectivity index is 1.37. The van der Waals surface area contributed by atoms with Crippen LogP contribution < -0.4 is 4.74 Å². The molecule has 5 heteroatoms. The van der Waals surface area contributed by atoms with Crippen LogP contribution in [-0.4, -0.2) is 68.0 Å². The van der Waals surface area contributed by atoms with E-state index in [1.807, 2.05) is 18.2 Å². The molecule has 0 radical (unpaired) electrons. The summed E-state index contributed by atoms with van der Waals surface area (Å²) in [7, 11) is 3.34. The number of rotatable bonds is 9. The molecule has 2 aromatic carbocycles. The Kier molecular flexibility index (Phi) is 7.49. The zero-order chi connectivity index (χ0) is 21.6. The fourth-order valence-electron chi connectivity index (χ4n) is 5.28. The van der Waals surface area contributed by atoms with Crippen molar-refractivity contribution in [2.45, 2.75) is 38.3 Å². The maximum Gasteiger partial charge on any atom is 0.160 e. The summed E-state index contributed by atoms with van der Waals surface area (Å²) in [6.45, 7) is 5.89. The summed E-state index contributed by atoms with van der Waals surface area (Å²) in [5.41, 5.74) is 4.18. The largest absolute Gasteiger partial charge is 0.504 e. The van der Waals surface area contributed by atoms with Crippen LogP contribution in [-0.2, 0) is 24.1 Å². The number of nitrogens with zero attached hydrogens (tertiary/aromatic N) is 2. The predicted molar refractivity (Wildman–Crippen MR) is 124 cm³/mol. The molecule has 1 atom stereocenters. The molecule has 1 saturated heterocycles. The summed E-state index contributed by atoms with van der Waals surface area (Å²) in [4.78, 5) is 5.21. The van der Waals surface area contributed by atoms with Crippen molar-refractivity contribution in [3.05, 3.63) is 59.2 Å². The third-order valence-electron chi connectivity index (χ3n) is 6.87. The van der Waals surface area contributed by atoms with Crippen molar-refractivity contribution in [1.82, 2.24) is 9.80 Å². The highest BCUT2D eigenvalue weighted by Crippen LogP contribution is 2.30. The maximum atomic E-state index is 10.2. The standard InChI is InChI=1S/C26H36N2O3/c1-30-13-12-27(17-20-9-10-26(31-2)25(29)14-20)18-21-6-5-11-28(19-21)24-15-22-7-3-4-8-23(22)16-24/h3-4,7-10,14,21,24,29H,5-6,11-13,15-19H2,1-2H3/t21-/m1/s1. The van der Waals surface area contributed by atoms with Crippen molar-refractivity contribution in [3.63, 3.8) is 0 Å². The van der Waals surface area contributed by atoms with Gasteiger partial charge in [-0.3, -0.25) is 9.80 Å². The molecule has 2 aliphatic rings. The highest BCUT2D eigenvalue weighted by atomic mass is 16.5. The molecule has 1 heterocycles. The lowest BCUT2D eigenvalue weighted by atomic mass is 9.95. The van der Waals surface area contributed by atoms with Crippen LogP contribution >= 0.6 is 0 Å². The number of hydrogen-bond acceptors (Lipinski definition) is 5. The number of benzene rings is 2. The van der Waals surface area contributed by atoms with Crippen molar-refractivity contribution in [2.24, 2.45) is 5.92 Å². The monoisotopic (exact) mass is 424 g/mol. The van der Waals surface area contributed by atoms with Gasteiger partial charge in [0.25, 0.3) is 0 Å². The summed E-state index contributed by atoms with van der Waals surface area (Å²) >= 11 is 0. The number of likely N-dealkylation sites (tertiary alicyclic amines) is 1. The molecule has 0 amide bonds. The molecule has 1 aliphatic heterocycles. The first-order valence-corrected chi connectivity index (χ1v) is 11.5. The summed E-state index contributed by atoms with van der Waals surface area (Å²) in [5, 5.41) is 10.2.